The van der Waals surface area contributed by atoms with E-state index >= 15 is 0 Å². The minimum atomic E-state index is -0.301. The van der Waals surface area contributed by atoms with E-state index in [4.69, 9.17) is 10.9 Å². The van der Waals surface area contributed by atoms with Gasteiger partial charge < -0.3 is 15.8 Å². The van der Waals surface area contributed by atoms with Crippen LogP contribution in [0.2, 0.25) is 0 Å². The fraction of sp³-hybridized carbons (Fsp3) is 0.300. The highest BCUT2D eigenvalue weighted by Crippen LogP contribution is 2.14. The molecule has 0 fully saturated rings. The first kappa shape index (κ1) is 11.3. The zero-order chi connectivity index (χ0) is 11.3. The topological polar surface area (TPSA) is 61.8 Å². The van der Waals surface area contributed by atoms with Crippen molar-refractivity contribution in [3.05, 3.63) is 30.1 Å². The number of benzene rings is 1. The van der Waals surface area contributed by atoms with Crippen LogP contribution in [0.25, 0.3) is 0 Å². The molecule has 1 rings (SSSR count). The van der Waals surface area contributed by atoms with Crippen LogP contribution in [0.1, 0.15) is 6.92 Å². The molecule has 0 atom stereocenters. The third kappa shape index (κ3) is 3.12. The van der Waals surface area contributed by atoms with Gasteiger partial charge in [0.1, 0.15) is 5.82 Å². The van der Waals surface area contributed by atoms with E-state index in [9.17, 15) is 4.39 Å². The zero-order valence-corrected chi connectivity index (χ0v) is 8.52. The Balaban J connectivity index is 2.83. The number of nitrogens with two attached hydrogens (primary N) is 1. The molecule has 0 spiro atoms. The first-order valence-corrected chi connectivity index (χ1v) is 4.64. The number of oxime groups is 1. The Hall–Kier alpha value is -1.78. The fourth-order valence-electron chi connectivity index (χ4n) is 1.29. The number of anilines is 1. The van der Waals surface area contributed by atoms with Gasteiger partial charge in [0.2, 0.25) is 0 Å². The average molecular weight is 211 g/mol. The van der Waals surface area contributed by atoms with Crippen LogP contribution in [0.3, 0.4) is 0 Å². The van der Waals surface area contributed by atoms with Crippen molar-refractivity contribution >= 4 is 11.5 Å². The SMILES string of the molecule is CCN(CC(N)=NO)c1cccc(F)c1. The molecule has 0 aliphatic heterocycles. The van der Waals surface area contributed by atoms with Crippen molar-refractivity contribution in [1.82, 2.24) is 0 Å². The van der Waals surface area contributed by atoms with Gasteiger partial charge in [0, 0.05) is 12.2 Å². The summed E-state index contributed by atoms with van der Waals surface area (Å²) in [6.45, 7) is 2.84. The van der Waals surface area contributed by atoms with Crippen LogP contribution >= 0.6 is 0 Å². The number of hydrogen-bond donors (Lipinski definition) is 2. The fourth-order valence-corrected chi connectivity index (χ4v) is 1.29. The van der Waals surface area contributed by atoms with Gasteiger partial charge in [-0.15, -0.1) is 0 Å². The molecule has 0 bridgehead atoms. The Morgan fingerprint density at radius 2 is 2.33 bits per heavy atom. The third-order valence-electron chi connectivity index (χ3n) is 2.04. The van der Waals surface area contributed by atoms with Crippen molar-refractivity contribution in [1.29, 1.82) is 0 Å². The summed E-state index contributed by atoms with van der Waals surface area (Å²) in [6, 6.07) is 6.19. The van der Waals surface area contributed by atoms with Gasteiger partial charge >= 0.3 is 0 Å². The molecule has 0 unspecified atom stereocenters. The summed E-state index contributed by atoms with van der Waals surface area (Å²) in [5.74, 6) is -0.202. The number of nitrogens with zero attached hydrogens (tertiary/aromatic N) is 2. The second kappa shape index (κ2) is 5.19. The summed E-state index contributed by atoms with van der Waals surface area (Å²) in [7, 11) is 0. The van der Waals surface area contributed by atoms with Crippen LogP contribution < -0.4 is 10.6 Å². The lowest BCUT2D eigenvalue weighted by atomic mass is 10.2. The second-order valence-electron chi connectivity index (χ2n) is 3.09. The van der Waals surface area contributed by atoms with Crippen molar-refractivity contribution in [3.63, 3.8) is 0 Å². The van der Waals surface area contributed by atoms with Gasteiger partial charge in [-0.2, -0.15) is 0 Å². The van der Waals surface area contributed by atoms with E-state index < -0.39 is 0 Å². The van der Waals surface area contributed by atoms with E-state index in [-0.39, 0.29) is 18.2 Å². The highest BCUT2D eigenvalue weighted by molar-refractivity contribution is 5.84. The standard InChI is InChI=1S/C10H14FN3O/c1-2-14(7-10(12)13-15)9-5-3-4-8(11)6-9/h3-6,15H,2,7H2,1H3,(H2,12,13). The van der Waals surface area contributed by atoms with Gasteiger partial charge in [0.25, 0.3) is 0 Å². The minimum absolute atomic E-state index is 0.0983. The molecule has 0 saturated carbocycles. The van der Waals surface area contributed by atoms with E-state index in [1.54, 1.807) is 17.0 Å². The summed E-state index contributed by atoms with van der Waals surface area (Å²) in [5.41, 5.74) is 6.10. The maximum absolute atomic E-state index is 12.9. The van der Waals surface area contributed by atoms with Gasteiger partial charge in [-0.1, -0.05) is 11.2 Å². The van der Waals surface area contributed by atoms with Gasteiger partial charge in [-0.25, -0.2) is 4.39 Å². The van der Waals surface area contributed by atoms with Gasteiger partial charge in [0.05, 0.1) is 6.54 Å². The maximum atomic E-state index is 12.9. The van der Waals surface area contributed by atoms with E-state index in [0.29, 0.717) is 12.2 Å². The van der Waals surface area contributed by atoms with E-state index in [0.717, 1.165) is 0 Å². The predicted molar refractivity (Wildman–Crippen MR) is 57.7 cm³/mol. The molecule has 3 N–H and O–H groups in total. The quantitative estimate of drug-likeness (QED) is 0.342. The highest BCUT2D eigenvalue weighted by atomic mass is 19.1. The van der Waals surface area contributed by atoms with Crippen LogP contribution in [0.15, 0.2) is 29.4 Å². The largest absolute Gasteiger partial charge is 0.409 e. The van der Waals surface area contributed by atoms with Crippen LogP contribution in [-0.4, -0.2) is 24.1 Å². The molecular weight excluding hydrogens is 197 g/mol. The molecule has 0 heterocycles. The molecule has 1 aromatic carbocycles. The Bertz CT molecular complexity index is 354. The number of amidine groups is 1. The highest BCUT2D eigenvalue weighted by Gasteiger charge is 2.06. The molecule has 0 saturated heterocycles. The van der Waals surface area contributed by atoms with E-state index in [1.165, 1.54) is 12.1 Å². The lowest BCUT2D eigenvalue weighted by molar-refractivity contribution is 0.317. The molecule has 0 amide bonds. The second-order valence-corrected chi connectivity index (χ2v) is 3.09. The third-order valence-corrected chi connectivity index (χ3v) is 2.04. The van der Waals surface area contributed by atoms with Crippen LogP contribution in [-0.2, 0) is 0 Å². The van der Waals surface area contributed by atoms with Crippen molar-refractivity contribution in [2.24, 2.45) is 10.9 Å². The molecule has 82 valence electrons. The van der Waals surface area contributed by atoms with Gasteiger partial charge in [0.15, 0.2) is 5.84 Å². The van der Waals surface area contributed by atoms with Crippen LogP contribution in [0.5, 0.6) is 0 Å². The average Bonchev–Trinajstić information content (AvgIpc) is 2.25. The van der Waals surface area contributed by atoms with Gasteiger partial charge in [-0.3, -0.25) is 0 Å². The monoisotopic (exact) mass is 211 g/mol. The molecule has 0 aromatic heterocycles. The van der Waals surface area contributed by atoms with Crippen LogP contribution in [0.4, 0.5) is 10.1 Å². The summed E-state index contributed by atoms with van der Waals surface area (Å²) >= 11 is 0. The molecule has 1 aromatic rings. The maximum Gasteiger partial charge on any atom is 0.158 e. The van der Waals surface area contributed by atoms with Crippen LogP contribution in [0, 0.1) is 5.82 Å². The molecule has 15 heavy (non-hydrogen) atoms. The molecule has 0 radical (unpaired) electrons. The summed E-state index contributed by atoms with van der Waals surface area (Å²) in [6.07, 6.45) is 0. The van der Waals surface area contributed by atoms with Crippen molar-refractivity contribution in [2.45, 2.75) is 6.92 Å². The molecule has 0 aliphatic rings. The summed E-state index contributed by atoms with van der Waals surface area (Å²) in [4.78, 5) is 1.80. The van der Waals surface area contributed by atoms with Gasteiger partial charge in [-0.05, 0) is 25.1 Å². The van der Waals surface area contributed by atoms with Crippen molar-refractivity contribution < 1.29 is 9.60 Å². The zero-order valence-electron chi connectivity index (χ0n) is 8.52. The number of halogens is 1. The normalized spacial score (nSPS) is 11.5. The first-order valence-electron chi connectivity index (χ1n) is 4.64. The number of rotatable bonds is 4. The minimum Gasteiger partial charge on any atom is -0.409 e. The first-order chi connectivity index (χ1) is 7.17. The Morgan fingerprint density at radius 1 is 1.60 bits per heavy atom. The Kier molecular flexibility index (Phi) is 3.91. The van der Waals surface area contributed by atoms with E-state index in [2.05, 4.69) is 5.16 Å². The molecule has 4 nitrogen and oxygen atoms in total. The lowest BCUT2D eigenvalue weighted by Crippen LogP contribution is -2.33. The summed E-state index contributed by atoms with van der Waals surface area (Å²) < 4.78 is 12.9. The predicted octanol–water partition coefficient (Wildman–Crippen LogP) is 1.40. The molecule has 5 heteroatoms. The summed E-state index contributed by atoms with van der Waals surface area (Å²) in [5, 5.41) is 11.3. The number of hydrogen-bond acceptors (Lipinski definition) is 3. The smallest absolute Gasteiger partial charge is 0.158 e. The van der Waals surface area contributed by atoms with Crippen molar-refractivity contribution in [3.8, 4) is 0 Å². The Labute approximate surface area is 87.8 Å². The molecular formula is C10H14FN3O. The van der Waals surface area contributed by atoms with Crippen molar-refractivity contribution in [2.75, 3.05) is 18.0 Å². The Morgan fingerprint density at radius 3 is 2.87 bits per heavy atom. The van der Waals surface area contributed by atoms with E-state index in [1.807, 2.05) is 6.92 Å². The molecule has 0 aliphatic carbocycles. The lowest BCUT2D eigenvalue weighted by Gasteiger charge is -2.22. The number of likely N-dealkylation sites (N-methyl/N-ethyl adjacent to an activating group) is 1.